The largest absolute Gasteiger partial charge is 0.495 e. The molecule has 0 aliphatic rings. The van der Waals surface area contributed by atoms with Gasteiger partial charge in [-0.15, -0.1) is 0 Å². The zero-order valence-corrected chi connectivity index (χ0v) is 18.4. The number of hydrogen-bond acceptors (Lipinski definition) is 4. The van der Waals surface area contributed by atoms with E-state index >= 15 is 0 Å². The number of hydrogen-bond donors (Lipinski definition) is 2. The smallest absolute Gasteiger partial charge is 0.261 e. The third-order valence-corrected chi connectivity index (χ3v) is 5.97. The molecule has 154 valence electrons. The Kier molecular flexibility index (Phi) is 6.91. The molecule has 0 atom stereocenters. The molecular formula is C22H19BrN2O4S. The second-order valence-electron chi connectivity index (χ2n) is 6.21. The molecule has 0 radical (unpaired) electrons. The summed E-state index contributed by atoms with van der Waals surface area (Å²) in [4.78, 5) is 12.3. The van der Waals surface area contributed by atoms with Crippen molar-refractivity contribution in [2.24, 2.45) is 0 Å². The Morgan fingerprint density at radius 2 is 1.70 bits per heavy atom. The zero-order chi connectivity index (χ0) is 21.6. The van der Waals surface area contributed by atoms with Gasteiger partial charge in [-0.25, -0.2) is 8.42 Å². The van der Waals surface area contributed by atoms with Crippen molar-refractivity contribution in [2.75, 3.05) is 17.1 Å². The van der Waals surface area contributed by atoms with E-state index in [1.165, 1.54) is 31.4 Å². The molecule has 0 fully saturated rings. The van der Waals surface area contributed by atoms with E-state index < -0.39 is 15.9 Å². The number of carbonyl (C=O) groups is 1. The number of halogens is 1. The van der Waals surface area contributed by atoms with Crippen LogP contribution in [0.25, 0.3) is 6.08 Å². The summed E-state index contributed by atoms with van der Waals surface area (Å²) in [5.41, 5.74) is 1.54. The number of sulfonamides is 1. The fraction of sp³-hybridized carbons (Fsp3) is 0.0455. The molecule has 8 heteroatoms. The molecule has 0 aliphatic carbocycles. The maximum atomic E-state index is 12.7. The Labute approximate surface area is 183 Å². The third-order valence-electron chi connectivity index (χ3n) is 4.06. The summed E-state index contributed by atoms with van der Waals surface area (Å²) in [5, 5.41) is 2.67. The van der Waals surface area contributed by atoms with Crippen LogP contribution in [0.4, 0.5) is 11.4 Å². The summed E-state index contributed by atoms with van der Waals surface area (Å²) in [6.45, 7) is 0. The van der Waals surface area contributed by atoms with Crippen LogP contribution in [0.15, 0.2) is 88.2 Å². The molecule has 3 aromatic rings. The quantitative estimate of drug-likeness (QED) is 0.464. The maximum absolute atomic E-state index is 12.7. The van der Waals surface area contributed by atoms with Crippen LogP contribution in [0.1, 0.15) is 5.56 Å². The first kappa shape index (κ1) is 21.6. The molecule has 0 bridgehead atoms. The first-order valence-corrected chi connectivity index (χ1v) is 11.2. The zero-order valence-electron chi connectivity index (χ0n) is 16.0. The molecular weight excluding hydrogens is 468 g/mol. The van der Waals surface area contributed by atoms with Gasteiger partial charge in [0.1, 0.15) is 5.75 Å². The topological polar surface area (TPSA) is 84.5 Å². The molecule has 0 unspecified atom stereocenters. The van der Waals surface area contributed by atoms with Gasteiger partial charge in [0.2, 0.25) is 5.91 Å². The van der Waals surface area contributed by atoms with Crippen molar-refractivity contribution in [3.05, 3.63) is 88.9 Å². The lowest BCUT2D eigenvalue weighted by atomic mass is 10.2. The van der Waals surface area contributed by atoms with Gasteiger partial charge in [0.25, 0.3) is 10.0 Å². The van der Waals surface area contributed by atoms with Crippen molar-refractivity contribution in [1.29, 1.82) is 0 Å². The predicted octanol–water partition coefficient (Wildman–Crippen LogP) is 4.91. The van der Waals surface area contributed by atoms with Crippen molar-refractivity contribution in [1.82, 2.24) is 0 Å². The van der Waals surface area contributed by atoms with Crippen LogP contribution in [0.3, 0.4) is 0 Å². The van der Waals surface area contributed by atoms with E-state index in [0.717, 1.165) is 10.0 Å². The van der Waals surface area contributed by atoms with Crippen LogP contribution < -0.4 is 14.8 Å². The van der Waals surface area contributed by atoms with Gasteiger partial charge in [-0.2, -0.15) is 0 Å². The standard InChI is InChI=1S/C22H19BrN2O4S/c1-29-21-13-12-19(30(27,28)25-18-10-8-17(23)9-11-18)15-20(21)24-22(26)14-7-16-5-3-2-4-6-16/h2-15,25H,1H3,(H,24,26)/b14-7+. The van der Waals surface area contributed by atoms with Gasteiger partial charge in [0.15, 0.2) is 0 Å². The van der Waals surface area contributed by atoms with Gasteiger partial charge in [-0.3, -0.25) is 9.52 Å². The minimum absolute atomic E-state index is 0.00597. The summed E-state index contributed by atoms with van der Waals surface area (Å²) >= 11 is 3.31. The number of ether oxygens (including phenoxy) is 1. The Bertz CT molecular complexity index is 1160. The summed E-state index contributed by atoms with van der Waals surface area (Å²) in [5.74, 6) is -0.0633. The van der Waals surface area contributed by atoms with Gasteiger partial charge in [-0.05, 0) is 54.1 Å². The number of amides is 1. The summed E-state index contributed by atoms with van der Waals surface area (Å²) in [6, 6.07) is 20.4. The van der Waals surface area contributed by atoms with Crippen LogP contribution >= 0.6 is 15.9 Å². The SMILES string of the molecule is COc1ccc(S(=O)(=O)Nc2ccc(Br)cc2)cc1NC(=O)/C=C/c1ccccc1. The van der Waals surface area contributed by atoms with E-state index in [1.54, 1.807) is 30.3 Å². The van der Waals surface area contributed by atoms with E-state index in [9.17, 15) is 13.2 Å². The van der Waals surface area contributed by atoms with Gasteiger partial charge >= 0.3 is 0 Å². The van der Waals surface area contributed by atoms with Crippen molar-refractivity contribution >= 4 is 49.3 Å². The molecule has 0 spiro atoms. The van der Waals surface area contributed by atoms with Crippen LogP contribution in [-0.4, -0.2) is 21.4 Å². The van der Waals surface area contributed by atoms with E-state index in [2.05, 4.69) is 26.0 Å². The van der Waals surface area contributed by atoms with Gasteiger partial charge in [0, 0.05) is 16.2 Å². The molecule has 0 saturated carbocycles. The van der Waals surface area contributed by atoms with Crippen molar-refractivity contribution in [2.45, 2.75) is 4.90 Å². The van der Waals surface area contributed by atoms with Crippen LogP contribution in [-0.2, 0) is 14.8 Å². The van der Waals surface area contributed by atoms with Crippen LogP contribution in [0.2, 0.25) is 0 Å². The highest BCUT2D eigenvalue weighted by Gasteiger charge is 2.17. The molecule has 1 amide bonds. The first-order valence-electron chi connectivity index (χ1n) is 8.88. The lowest BCUT2D eigenvalue weighted by molar-refractivity contribution is -0.111. The lowest BCUT2D eigenvalue weighted by Gasteiger charge is -2.13. The minimum atomic E-state index is -3.85. The molecule has 2 N–H and O–H groups in total. The Morgan fingerprint density at radius 3 is 2.37 bits per heavy atom. The fourth-order valence-corrected chi connectivity index (χ4v) is 3.94. The molecule has 0 heterocycles. The average molecular weight is 487 g/mol. The first-order chi connectivity index (χ1) is 14.4. The molecule has 30 heavy (non-hydrogen) atoms. The van der Waals surface area contributed by atoms with Crippen LogP contribution in [0.5, 0.6) is 5.75 Å². The van der Waals surface area contributed by atoms with Gasteiger partial charge < -0.3 is 10.1 Å². The van der Waals surface area contributed by atoms with E-state index in [4.69, 9.17) is 4.74 Å². The van der Waals surface area contributed by atoms with Gasteiger partial charge in [-0.1, -0.05) is 46.3 Å². The second-order valence-corrected chi connectivity index (χ2v) is 8.81. The molecule has 3 rings (SSSR count). The number of rotatable bonds is 7. The summed E-state index contributed by atoms with van der Waals surface area (Å²) < 4.78 is 34.1. The normalized spacial score (nSPS) is 11.3. The molecule has 3 aromatic carbocycles. The highest BCUT2D eigenvalue weighted by molar-refractivity contribution is 9.10. The number of methoxy groups -OCH3 is 1. The number of anilines is 2. The highest BCUT2D eigenvalue weighted by atomic mass is 79.9. The second kappa shape index (κ2) is 9.60. The molecule has 0 aromatic heterocycles. The predicted molar refractivity (Wildman–Crippen MR) is 122 cm³/mol. The van der Waals surface area contributed by atoms with E-state index in [1.807, 2.05) is 30.3 Å². The van der Waals surface area contributed by atoms with Crippen LogP contribution in [0, 0.1) is 0 Å². The molecule has 6 nitrogen and oxygen atoms in total. The van der Waals surface area contributed by atoms with E-state index in [-0.39, 0.29) is 10.6 Å². The lowest BCUT2D eigenvalue weighted by Crippen LogP contribution is -2.14. The average Bonchev–Trinajstić information content (AvgIpc) is 2.74. The summed E-state index contributed by atoms with van der Waals surface area (Å²) in [6.07, 6.45) is 3.04. The van der Waals surface area contributed by atoms with Crippen molar-refractivity contribution in [3.8, 4) is 5.75 Å². The third kappa shape index (κ3) is 5.71. The maximum Gasteiger partial charge on any atom is 0.261 e. The Balaban J connectivity index is 1.81. The summed E-state index contributed by atoms with van der Waals surface area (Å²) in [7, 11) is -2.41. The number of benzene rings is 3. The molecule has 0 aliphatic heterocycles. The number of nitrogens with one attached hydrogen (secondary N) is 2. The minimum Gasteiger partial charge on any atom is -0.495 e. The Morgan fingerprint density at radius 1 is 1.00 bits per heavy atom. The van der Waals surface area contributed by atoms with Crippen molar-refractivity contribution < 1.29 is 17.9 Å². The van der Waals surface area contributed by atoms with Gasteiger partial charge in [0.05, 0.1) is 17.7 Å². The fourth-order valence-electron chi connectivity index (χ4n) is 2.59. The van der Waals surface area contributed by atoms with Crippen molar-refractivity contribution in [3.63, 3.8) is 0 Å². The Hall–Kier alpha value is -3.10. The highest BCUT2D eigenvalue weighted by Crippen LogP contribution is 2.28. The van der Waals surface area contributed by atoms with E-state index in [0.29, 0.717) is 11.4 Å². The molecule has 0 saturated heterocycles. The monoisotopic (exact) mass is 486 g/mol. The number of carbonyl (C=O) groups excluding carboxylic acids is 1.